The number of carbonyl (C=O) groups is 2. The molecule has 2 rings (SSSR count). The molecule has 0 aliphatic rings. The van der Waals surface area contributed by atoms with Crippen molar-refractivity contribution in [2.45, 2.75) is 0 Å². The van der Waals surface area contributed by atoms with Gasteiger partial charge in [-0.05, 0) is 35.9 Å². The molecule has 0 heterocycles. The van der Waals surface area contributed by atoms with Crippen molar-refractivity contribution in [3.8, 4) is 17.2 Å². The highest BCUT2D eigenvalue weighted by atomic mass is 19.1. The fourth-order valence-electron chi connectivity index (χ4n) is 2.38. The van der Waals surface area contributed by atoms with E-state index < -0.39 is 35.6 Å². The lowest BCUT2D eigenvalue weighted by Gasteiger charge is -2.12. The number of hydrogen-bond donors (Lipinski definition) is 0. The third kappa shape index (κ3) is 4.85. The number of benzene rings is 2. The van der Waals surface area contributed by atoms with E-state index in [1.807, 2.05) is 0 Å². The van der Waals surface area contributed by atoms with Crippen LogP contribution in [0.4, 0.5) is 8.78 Å². The van der Waals surface area contributed by atoms with Gasteiger partial charge in [0.2, 0.25) is 11.5 Å². The van der Waals surface area contributed by atoms with Crippen molar-refractivity contribution in [3.63, 3.8) is 0 Å². The molecule has 28 heavy (non-hydrogen) atoms. The van der Waals surface area contributed by atoms with Crippen LogP contribution in [0.25, 0.3) is 6.08 Å². The van der Waals surface area contributed by atoms with Crippen LogP contribution in [0.1, 0.15) is 15.9 Å². The van der Waals surface area contributed by atoms with Crippen LogP contribution in [0.5, 0.6) is 17.2 Å². The Hall–Kier alpha value is -3.42. The molecule has 0 bridgehead atoms. The van der Waals surface area contributed by atoms with E-state index in [1.54, 1.807) is 12.1 Å². The van der Waals surface area contributed by atoms with Gasteiger partial charge in [-0.25, -0.2) is 13.6 Å². The molecule has 0 fully saturated rings. The van der Waals surface area contributed by atoms with Crippen LogP contribution in [-0.2, 0) is 9.53 Å². The van der Waals surface area contributed by atoms with Gasteiger partial charge in [0.15, 0.2) is 18.1 Å². The first kappa shape index (κ1) is 20.9. The van der Waals surface area contributed by atoms with Crippen LogP contribution in [0.3, 0.4) is 0 Å². The quantitative estimate of drug-likeness (QED) is 0.389. The molecule has 0 amide bonds. The molecule has 0 aliphatic carbocycles. The first-order valence-electron chi connectivity index (χ1n) is 8.03. The summed E-state index contributed by atoms with van der Waals surface area (Å²) in [4.78, 5) is 23.7. The smallest absolute Gasteiger partial charge is 0.331 e. The molecule has 0 atom stereocenters. The van der Waals surface area contributed by atoms with Crippen molar-refractivity contribution in [2.75, 3.05) is 27.9 Å². The SMILES string of the molecule is COc1cc(/C=C/C(=O)OCC(=O)c2c(F)cccc2F)cc(OC)c1OC. The van der Waals surface area contributed by atoms with Gasteiger partial charge in [0.05, 0.1) is 26.9 Å². The molecule has 0 aliphatic heterocycles. The molecule has 0 saturated heterocycles. The summed E-state index contributed by atoms with van der Waals surface area (Å²) in [6, 6.07) is 6.23. The van der Waals surface area contributed by atoms with E-state index in [4.69, 9.17) is 18.9 Å². The lowest BCUT2D eigenvalue weighted by Crippen LogP contribution is -2.15. The van der Waals surface area contributed by atoms with Gasteiger partial charge in [-0.15, -0.1) is 0 Å². The van der Waals surface area contributed by atoms with Crippen LogP contribution in [-0.4, -0.2) is 39.7 Å². The highest BCUT2D eigenvalue weighted by Crippen LogP contribution is 2.38. The van der Waals surface area contributed by atoms with E-state index in [0.29, 0.717) is 22.8 Å². The Morgan fingerprint density at radius 3 is 2.04 bits per heavy atom. The monoisotopic (exact) mass is 392 g/mol. The van der Waals surface area contributed by atoms with Crippen LogP contribution < -0.4 is 14.2 Å². The lowest BCUT2D eigenvalue weighted by atomic mass is 10.1. The number of ketones is 1. The molecule has 2 aromatic rings. The zero-order valence-corrected chi connectivity index (χ0v) is 15.5. The standard InChI is InChI=1S/C20H18F2O6/c1-25-16-9-12(10-17(26-2)20(16)27-3)7-8-18(24)28-11-15(23)19-13(21)5-4-6-14(19)22/h4-10H,11H2,1-3H3/b8-7+. The van der Waals surface area contributed by atoms with Gasteiger partial charge in [0, 0.05) is 6.08 Å². The third-order valence-corrected chi connectivity index (χ3v) is 3.69. The Kier molecular flexibility index (Phi) is 7.08. The summed E-state index contributed by atoms with van der Waals surface area (Å²) >= 11 is 0. The van der Waals surface area contributed by atoms with E-state index in [2.05, 4.69) is 0 Å². The van der Waals surface area contributed by atoms with Crippen molar-refractivity contribution in [3.05, 3.63) is 59.2 Å². The number of hydrogen-bond acceptors (Lipinski definition) is 6. The van der Waals surface area contributed by atoms with Crippen molar-refractivity contribution in [2.24, 2.45) is 0 Å². The van der Waals surface area contributed by atoms with Crippen LogP contribution in [0.15, 0.2) is 36.4 Å². The molecule has 0 saturated carbocycles. The van der Waals surface area contributed by atoms with E-state index in [-0.39, 0.29) is 0 Å². The van der Waals surface area contributed by atoms with Crippen LogP contribution in [0, 0.1) is 11.6 Å². The Balaban J connectivity index is 2.07. The van der Waals surface area contributed by atoms with Crippen molar-refractivity contribution in [1.29, 1.82) is 0 Å². The van der Waals surface area contributed by atoms with Crippen LogP contribution >= 0.6 is 0 Å². The first-order chi connectivity index (χ1) is 13.4. The maximum Gasteiger partial charge on any atom is 0.331 e. The third-order valence-electron chi connectivity index (χ3n) is 3.69. The normalized spacial score (nSPS) is 10.6. The Morgan fingerprint density at radius 2 is 1.54 bits per heavy atom. The van der Waals surface area contributed by atoms with Crippen molar-refractivity contribution in [1.82, 2.24) is 0 Å². The summed E-state index contributed by atoms with van der Waals surface area (Å²) in [6.07, 6.45) is 2.46. The maximum atomic E-state index is 13.6. The first-order valence-corrected chi connectivity index (χ1v) is 8.03. The summed E-state index contributed by atoms with van der Waals surface area (Å²) in [5.74, 6) is -2.71. The molecular weight excluding hydrogens is 374 g/mol. The summed E-state index contributed by atoms with van der Waals surface area (Å²) < 4.78 is 47.5. The number of methoxy groups -OCH3 is 3. The number of ether oxygens (including phenoxy) is 4. The van der Waals surface area contributed by atoms with Gasteiger partial charge >= 0.3 is 5.97 Å². The number of halogens is 2. The van der Waals surface area contributed by atoms with E-state index >= 15 is 0 Å². The molecule has 0 unspecified atom stereocenters. The predicted octanol–water partition coefficient (Wildman–Crippen LogP) is 3.43. The van der Waals surface area contributed by atoms with E-state index in [9.17, 15) is 18.4 Å². The summed E-state index contributed by atoms with van der Waals surface area (Å²) in [5, 5.41) is 0. The second-order valence-electron chi connectivity index (χ2n) is 5.42. The zero-order chi connectivity index (χ0) is 20.7. The molecular formula is C20H18F2O6. The van der Waals surface area contributed by atoms with Gasteiger partial charge in [0.1, 0.15) is 11.6 Å². The second-order valence-corrected chi connectivity index (χ2v) is 5.42. The predicted molar refractivity (Wildman–Crippen MR) is 96.8 cm³/mol. The fraction of sp³-hybridized carbons (Fsp3) is 0.200. The summed E-state index contributed by atoms with van der Waals surface area (Å²) in [5.41, 5.74) is -0.207. The minimum atomic E-state index is -1.02. The summed E-state index contributed by atoms with van der Waals surface area (Å²) in [6.45, 7) is -0.795. The Morgan fingerprint density at radius 1 is 0.964 bits per heavy atom. The lowest BCUT2D eigenvalue weighted by molar-refractivity contribution is -0.136. The van der Waals surface area contributed by atoms with Gasteiger partial charge in [-0.1, -0.05) is 6.07 Å². The van der Waals surface area contributed by atoms with E-state index in [1.165, 1.54) is 27.4 Å². The van der Waals surface area contributed by atoms with Crippen LogP contribution in [0.2, 0.25) is 0 Å². The highest BCUT2D eigenvalue weighted by molar-refractivity contribution is 5.99. The molecule has 148 valence electrons. The number of carbonyl (C=O) groups excluding carboxylic acids is 2. The van der Waals surface area contributed by atoms with Crippen molar-refractivity contribution >= 4 is 17.8 Å². The zero-order valence-electron chi connectivity index (χ0n) is 15.5. The van der Waals surface area contributed by atoms with Crippen molar-refractivity contribution < 1.29 is 37.3 Å². The van der Waals surface area contributed by atoms with Gasteiger partial charge in [-0.3, -0.25) is 4.79 Å². The topological polar surface area (TPSA) is 71.1 Å². The number of esters is 1. The van der Waals surface area contributed by atoms with E-state index in [0.717, 1.165) is 24.3 Å². The molecule has 2 aromatic carbocycles. The highest BCUT2D eigenvalue weighted by Gasteiger charge is 2.18. The van der Waals surface area contributed by atoms with Gasteiger partial charge in [0.25, 0.3) is 0 Å². The molecule has 6 nitrogen and oxygen atoms in total. The minimum Gasteiger partial charge on any atom is -0.493 e. The Labute approximate surface area is 160 Å². The fourth-order valence-corrected chi connectivity index (χ4v) is 2.38. The largest absolute Gasteiger partial charge is 0.493 e. The molecule has 0 spiro atoms. The maximum absolute atomic E-state index is 13.6. The molecule has 0 N–H and O–H groups in total. The summed E-state index contributed by atoms with van der Waals surface area (Å²) in [7, 11) is 4.36. The van der Waals surface area contributed by atoms with Gasteiger partial charge < -0.3 is 18.9 Å². The molecule has 8 heteroatoms. The molecule has 0 aromatic heterocycles. The second kappa shape index (κ2) is 9.50. The number of Topliss-reactive ketones (excluding diaryl/α,β-unsaturated/α-hetero) is 1. The Bertz CT molecular complexity index is 862. The minimum absolute atomic E-state index is 0.389. The molecule has 0 radical (unpaired) electrons. The number of rotatable bonds is 8. The van der Waals surface area contributed by atoms with Gasteiger partial charge in [-0.2, -0.15) is 0 Å². The average molecular weight is 392 g/mol. The average Bonchev–Trinajstić information content (AvgIpc) is 2.69.